The lowest BCUT2D eigenvalue weighted by Crippen LogP contribution is -2.36. The maximum absolute atomic E-state index is 9.13. The number of hydrogen-bond donors (Lipinski definition) is 2. The fourth-order valence-electron chi connectivity index (χ4n) is 2.95. The lowest BCUT2D eigenvalue weighted by atomic mass is 9.95. The summed E-state index contributed by atoms with van der Waals surface area (Å²) in [6, 6.07) is 12.0. The van der Waals surface area contributed by atoms with E-state index in [0.29, 0.717) is 5.92 Å². The maximum atomic E-state index is 9.13. The number of anilines is 3. The minimum atomic E-state index is 0.267. The Labute approximate surface area is 131 Å². The first kappa shape index (κ1) is 14.8. The fraction of sp³-hybridized carbons (Fsp3) is 0.412. The van der Waals surface area contributed by atoms with Crippen LogP contribution in [-0.2, 0) is 0 Å². The van der Waals surface area contributed by atoms with Gasteiger partial charge in [0, 0.05) is 31.5 Å². The zero-order chi connectivity index (χ0) is 15.2. The van der Waals surface area contributed by atoms with Gasteiger partial charge in [-0.2, -0.15) is 0 Å². The molecule has 1 aromatic heterocycles. The van der Waals surface area contributed by atoms with Crippen molar-refractivity contribution in [2.24, 2.45) is 5.92 Å². The Morgan fingerprint density at radius 2 is 2.09 bits per heavy atom. The first-order valence-electron chi connectivity index (χ1n) is 7.85. The summed E-state index contributed by atoms with van der Waals surface area (Å²) < 4.78 is 0. The van der Waals surface area contributed by atoms with Gasteiger partial charge in [-0.25, -0.2) is 9.97 Å². The number of benzene rings is 1. The van der Waals surface area contributed by atoms with E-state index in [1.165, 1.54) is 6.42 Å². The quantitative estimate of drug-likeness (QED) is 0.889. The number of hydrogen-bond acceptors (Lipinski definition) is 5. The Bertz CT molecular complexity index is 588. The molecule has 2 aromatic rings. The van der Waals surface area contributed by atoms with E-state index >= 15 is 0 Å². The summed E-state index contributed by atoms with van der Waals surface area (Å²) in [5, 5.41) is 12.4. The summed E-state index contributed by atoms with van der Waals surface area (Å²) >= 11 is 0. The maximum Gasteiger partial charge on any atom is 0.135 e. The molecule has 1 saturated heterocycles. The molecule has 1 aliphatic rings. The summed E-state index contributed by atoms with van der Waals surface area (Å²) in [6.45, 7) is 2.25. The van der Waals surface area contributed by atoms with Crippen molar-refractivity contribution < 1.29 is 5.11 Å². The molecule has 1 aliphatic heterocycles. The summed E-state index contributed by atoms with van der Waals surface area (Å²) in [5.74, 6) is 2.32. The average molecular weight is 298 g/mol. The van der Waals surface area contributed by atoms with Gasteiger partial charge in [-0.15, -0.1) is 0 Å². The van der Waals surface area contributed by atoms with Gasteiger partial charge in [-0.3, -0.25) is 0 Å². The number of aromatic nitrogens is 2. The minimum Gasteiger partial charge on any atom is -0.396 e. The predicted molar refractivity (Wildman–Crippen MR) is 88.4 cm³/mol. The Morgan fingerprint density at radius 1 is 1.23 bits per heavy atom. The van der Waals surface area contributed by atoms with E-state index in [2.05, 4.69) is 20.2 Å². The van der Waals surface area contributed by atoms with Crippen molar-refractivity contribution in [1.82, 2.24) is 9.97 Å². The summed E-state index contributed by atoms with van der Waals surface area (Å²) in [4.78, 5) is 11.0. The van der Waals surface area contributed by atoms with Crippen LogP contribution in [0.5, 0.6) is 0 Å². The van der Waals surface area contributed by atoms with Crippen molar-refractivity contribution in [3.8, 4) is 0 Å². The normalized spacial score (nSPS) is 18.2. The fourth-order valence-corrected chi connectivity index (χ4v) is 2.95. The standard InChI is InChI=1S/C17H22N4O/c22-10-8-14-5-4-9-21(12-14)17-11-16(18-13-19-17)20-15-6-2-1-3-7-15/h1-3,6-7,11,13-14,22H,4-5,8-10,12H2,(H,18,19,20). The third-order valence-corrected chi connectivity index (χ3v) is 4.08. The molecule has 0 bridgehead atoms. The molecule has 3 rings (SSSR count). The van der Waals surface area contributed by atoms with Crippen LogP contribution in [0.1, 0.15) is 19.3 Å². The summed E-state index contributed by atoms with van der Waals surface area (Å²) in [5.41, 5.74) is 1.02. The molecule has 1 unspecified atom stereocenters. The molecule has 1 aromatic carbocycles. The van der Waals surface area contributed by atoms with Crippen LogP contribution in [0.25, 0.3) is 0 Å². The van der Waals surface area contributed by atoms with Gasteiger partial charge in [0.25, 0.3) is 0 Å². The third-order valence-electron chi connectivity index (χ3n) is 4.08. The molecule has 0 saturated carbocycles. The van der Waals surface area contributed by atoms with E-state index in [0.717, 1.165) is 43.3 Å². The molecule has 0 radical (unpaired) electrons. The number of aliphatic hydroxyl groups excluding tert-OH is 1. The Morgan fingerprint density at radius 3 is 2.91 bits per heavy atom. The van der Waals surface area contributed by atoms with Crippen LogP contribution in [0.2, 0.25) is 0 Å². The van der Waals surface area contributed by atoms with Crippen molar-refractivity contribution in [3.63, 3.8) is 0 Å². The summed E-state index contributed by atoms with van der Waals surface area (Å²) in [6.07, 6.45) is 4.82. The van der Waals surface area contributed by atoms with Crippen molar-refractivity contribution in [3.05, 3.63) is 42.7 Å². The number of para-hydroxylation sites is 1. The molecular weight excluding hydrogens is 276 g/mol. The monoisotopic (exact) mass is 298 g/mol. The highest BCUT2D eigenvalue weighted by atomic mass is 16.3. The van der Waals surface area contributed by atoms with Gasteiger partial charge in [-0.05, 0) is 37.3 Å². The lowest BCUT2D eigenvalue weighted by Gasteiger charge is -2.33. The first-order valence-corrected chi connectivity index (χ1v) is 7.85. The van der Waals surface area contributed by atoms with Gasteiger partial charge < -0.3 is 15.3 Å². The summed E-state index contributed by atoms with van der Waals surface area (Å²) in [7, 11) is 0. The first-order chi connectivity index (χ1) is 10.8. The largest absolute Gasteiger partial charge is 0.396 e. The van der Waals surface area contributed by atoms with Crippen LogP contribution >= 0.6 is 0 Å². The van der Waals surface area contributed by atoms with Crippen molar-refractivity contribution in [1.29, 1.82) is 0 Å². The van der Waals surface area contributed by atoms with Gasteiger partial charge in [0.15, 0.2) is 0 Å². The van der Waals surface area contributed by atoms with E-state index in [1.54, 1.807) is 6.33 Å². The topological polar surface area (TPSA) is 61.3 Å². The van der Waals surface area contributed by atoms with Gasteiger partial charge in [0.05, 0.1) is 0 Å². The number of nitrogens with one attached hydrogen (secondary N) is 1. The van der Waals surface area contributed by atoms with Crippen LogP contribution in [0, 0.1) is 5.92 Å². The van der Waals surface area contributed by atoms with Crippen molar-refractivity contribution >= 4 is 17.3 Å². The molecule has 0 amide bonds. The highest BCUT2D eigenvalue weighted by Crippen LogP contribution is 2.25. The molecule has 0 spiro atoms. The van der Waals surface area contributed by atoms with Gasteiger partial charge in [-0.1, -0.05) is 18.2 Å². The molecule has 2 heterocycles. The molecule has 1 fully saturated rings. The predicted octanol–water partition coefficient (Wildman–Crippen LogP) is 2.82. The van der Waals surface area contributed by atoms with E-state index in [1.807, 2.05) is 36.4 Å². The average Bonchev–Trinajstić information content (AvgIpc) is 2.57. The Balaban J connectivity index is 1.70. The molecule has 0 aliphatic carbocycles. The highest BCUT2D eigenvalue weighted by molar-refractivity contribution is 5.59. The van der Waals surface area contributed by atoms with Crippen molar-refractivity contribution in [2.75, 3.05) is 29.9 Å². The lowest BCUT2D eigenvalue weighted by molar-refractivity contribution is 0.244. The second-order valence-electron chi connectivity index (χ2n) is 5.72. The molecule has 116 valence electrons. The number of rotatable bonds is 5. The van der Waals surface area contributed by atoms with E-state index in [4.69, 9.17) is 5.11 Å². The van der Waals surface area contributed by atoms with Gasteiger partial charge in [0.1, 0.15) is 18.0 Å². The van der Waals surface area contributed by atoms with E-state index in [-0.39, 0.29) is 6.61 Å². The molecular formula is C17H22N4O. The van der Waals surface area contributed by atoms with Crippen LogP contribution < -0.4 is 10.2 Å². The molecule has 22 heavy (non-hydrogen) atoms. The number of piperidine rings is 1. The Hall–Kier alpha value is -2.14. The van der Waals surface area contributed by atoms with Crippen LogP contribution in [0.4, 0.5) is 17.3 Å². The molecule has 5 nitrogen and oxygen atoms in total. The zero-order valence-electron chi connectivity index (χ0n) is 12.7. The smallest absolute Gasteiger partial charge is 0.135 e. The van der Waals surface area contributed by atoms with Crippen LogP contribution in [0.3, 0.4) is 0 Å². The van der Waals surface area contributed by atoms with Crippen molar-refractivity contribution in [2.45, 2.75) is 19.3 Å². The van der Waals surface area contributed by atoms with E-state index < -0.39 is 0 Å². The Kier molecular flexibility index (Phi) is 4.85. The van der Waals surface area contributed by atoms with E-state index in [9.17, 15) is 0 Å². The SMILES string of the molecule is OCCC1CCCN(c2cc(Nc3ccccc3)ncn2)C1. The highest BCUT2D eigenvalue weighted by Gasteiger charge is 2.20. The second-order valence-corrected chi connectivity index (χ2v) is 5.72. The number of nitrogens with zero attached hydrogens (tertiary/aromatic N) is 3. The third kappa shape index (κ3) is 3.74. The van der Waals surface area contributed by atoms with Crippen LogP contribution in [-0.4, -0.2) is 34.8 Å². The molecule has 5 heteroatoms. The molecule has 2 N–H and O–H groups in total. The number of aliphatic hydroxyl groups is 1. The second kappa shape index (κ2) is 7.22. The van der Waals surface area contributed by atoms with Crippen LogP contribution in [0.15, 0.2) is 42.7 Å². The minimum absolute atomic E-state index is 0.267. The zero-order valence-corrected chi connectivity index (χ0v) is 12.7. The van der Waals surface area contributed by atoms with Gasteiger partial charge >= 0.3 is 0 Å². The van der Waals surface area contributed by atoms with Gasteiger partial charge in [0.2, 0.25) is 0 Å². The molecule has 1 atom stereocenters.